The number of aryl methyl sites for hydroxylation is 3. The zero-order valence-electron chi connectivity index (χ0n) is 24.7. The molecule has 0 fully saturated rings. The van der Waals surface area contributed by atoms with Gasteiger partial charge in [0.1, 0.15) is 0 Å². The van der Waals surface area contributed by atoms with Gasteiger partial charge in [0.2, 0.25) is 0 Å². The maximum atomic E-state index is 3.22. The summed E-state index contributed by atoms with van der Waals surface area (Å²) >= 11 is 1.46. The molecule has 0 N–H and O–H groups in total. The second-order valence-corrected chi connectivity index (χ2v) is 11.6. The summed E-state index contributed by atoms with van der Waals surface area (Å²) in [4.78, 5) is 0. The Morgan fingerprint density at radius 1 is 0.628 bits per heavy atom. The third-order valence-corrected chi connectivity index (χ3v) is 8.73. The van der Waals surface area contributed by atoms with Gasteiger partial charge >= 0.3 is 99.2 Å². The predicted octanol–water partition coefficient (Wildman–Crippen LogP) is 4.28. The van der Waals surface area contributed by atoms with Crippen LogP contribution in [0, 0.1) is 26.8 Å². The van der Waals surface area contributed by atoms with Crippen LogP contribution in [0.4, 0.5) is 0 Å². The molecule has 1 aliphatic rings. The van der Waals surface area contributed by atoms with E-state index < -0.39 is 0 Å². The Morgan fingerprint density at radius 3 is 1.51 bits per heavy atom. The molecule has 6 aromatic carbocycles. The van der Waals surface area contributed by atoms with Crippen LogP contribution in [-0.4, -0.2) is 3.21 Å². The zero-order chi connectivity index (χ0) is 28.6. The van der Waals surface area contributed by atoms with Crippen molar-refractivity contribution in [3.63, 3.8) is 0 Å². The van der Waals surface area contributed by atoms with Crippen LogP contribution >= 0.6 is 0 Å². The van der Waals surface area contributed by atoms with Gasteiger partial charge in [-0.15, -0.1) is 46.2 Å². The van der Waals surface area contributed by atoms with Crippen LogP contribution in [0.15, 0.2) is 140 Å². The number of hydrogen-bond donors (Lipinski definition) is 0. The van der Waals surface area contributed by atoms with Gasteiger partial charge in [0.25, 0.3) is 0 Å². The fraction of sp³-hybridized carbons (Fsp3) is 0.100. The maximum Gasteiger partial charge on any atom is -0.0771 e. The van der Waals surface area contributed by atoms with Crippen molar-refractivity contribution in [2.45, 2.75) is 27.2 Å². The Bertz CT molecular complexity index is 1730. The summed E-state index contributed by atoms with van der Waals surface area (Å²) in [5, 5.41) is 5.39. The molecule has 214 valence electrons. The molecule has 0 saturated heterocycles. The van der Waals surface area contributed by atoms with Gasteiger partial charge < -0.3 is 24.8 Å². The van der Waals surface area contributed by atoms with Crippen molar-refractivity contribution in [2.75, 3.05) is 0 Å². The van der Waals surface area contributed by atoms with E-state index in [2.05, 4.69) is 166 Å². The van der Waals surface area contributed by atoms with E-state index in [1.165, 1.54) is 87.9 Å². The van der Waals surface area contributed by atoms with Gasteiger partial charge in [0.15, 0.2) is 0 Å². The minimum atomic E-state index is 0. The van der Waals surface area contributed by atoms with Crippen molar-refractivity contribution >= 4 is 30.3 Å². The summed E-state index contributed by atoms with van der Waals surface area (Å²) in [6, 6.07) is 44.9. The van der Waals surface area contributed by atoms with Crippen LogP contribution < -0.4 is 24.8 Å². The third-order valence-electron chi connectivity index (χ3n) is 7.31. The van der Waals surface area contributed by atoms with E-state index in [0.717, 1.165) is 6.42 Å². The summed E-state index contributed by atoms with van der Waals surface area (Å²) in [6.45, 7) is 6.51. The Hall–Kier alpha value is -3.22. The first kappa shape index (κ1) is 34.3. The van der Waals surface area contributed by atoms with Gasteiger partial charge in [0.05, 0.1) is 0 Å². The summed E-state index contributed by atoms with van der Waals surface area (Å²) in [6.07, 6.45) is 8.53. The van der Waals surface area contributed by atoms with E-state index in [1.54, 1.807) is 0 Å². The number of allylic oxidation sites excluding steroid dienone is 4. The van der Waals surface area contributed by atoms with E-state index in [0.29, 0.717) is 0 Å². The topological polar surface area (TPSA) is 0 Å². The molecule has 7 rings (SSSR count). The molecule has 0 amide bonds. The number of benzene rings is 5. The normalized spacial score (nSPS) is 11.3. The van der Waals surface area contributed by atoms with Crippen LogP contribution in [0.3, 0.4) is 0 Å². The Balaban J connectivity index is 0.000000173. The number of hydrogen-bond acceptors (Lipinski definition) is 0. The molecule has 0 aromatic heterocycles. The van der Waals surface area contributed by atoms with Gasteiger partial charge in [-0.25, -0.2) is 6.08 Å². The average molecular weight is 677 g/mol. The smallest absolute Gasteiger partial charge is 0.0771 e. The van der Waals surface area contributed by atoms with Crippen molar-refractivity contribution in [1.29, 1.82) is 0 Å². The Kier molecular flexibility index (Phi) is 13.2. The van der Waals surface area contributed by atoms with Crippen LogP contribution in [0.1, 0.15) is 39.8 Å². The predicted molar refractivity (Wildman–Crippen MR) is 174 cm³/mol. The van der Waals surface area contributed by atoms with Gasteiger partial charge in [-0.2, -0.15) is 11.6 Å². The average Bonchev–Trinajstić information content (AvgIpc) is 3.66. The van der Waals surface area contributed by atoms with E-state index in [-0.39, 0.29) is 24.8 Å². The second-order valence-electron chi connectivity index (χ2n) is 10.4. The molecule has 43 heavy (non-hydrogen) atoms. The summed E-state index contributed by atoms with van der Waals surface area (Å²) in [5.41, 5.74) is 9.46. The van der Waals surface area contributed by atoms with Gasteiger partial charge in [-0.3, -0.25) is 6.08 Å². The minimum Gasteiger partial charge on any atom is -0.126 e. The second kappa shape index (κ2) is 16.6. The molecule has 0 bridgehead atoms. The maximum absolute atomic E-state index is 3.22. The largest absolute Gasteiger partial charge is 0.126 e. The first-order valence-electron chi connectivity index (χ1n) is 14.1. The molecule has 0 spiro atoms. The van der Waals surface area contributed by atoms with Gasteiger partial charge in [-0.1, -0.05) is 70.8 Å². The van der Waals surface area contributed by atoms with E-state index >= 15 is 0 Å². The quantitative estimate of drug-likeness (QED) is 0.246. The Morgan fingerprint density at radius 2 is 1.07 bits per heavy atom. The Labute approximate surface area is 283 Å². The molecule has 0 unspecified atom stereocenters. The monoisotopic (exact) mass is 674 g/mol. The standard InChI is InChI=1S/C14H15.C13H9.C13H10.2ClH.Zr/c1-10-8-11(2)14(12(3)9-10)13-6-4-5-7-13;1-3-7-12-10(5-1)9-11-6-2-4-8-13(11)12;1-3-7-12(8-4-1)11-13-9-5-2-6-10-13;;;/h6-9H,4H2,1-3H3;1-9H;1-10H;2*1H;/q2*-1;;;;+2/p-2. The molecule has 6 aromatic rings. The molecule has 0 radical (unpaired) electrons. The fourth-order valence-corrected chi connectivity index (χ4v) is 6.31. The molecule has 0 nitrogen and oxygen atoms in total. The third kappa shape index (κ3) is 8.67. The van der Waals surface area contributed by atoms with E-state index in [1.807, 2.05) is 0 Å². The van der Waals surface area contributed by atoms with Crippen LogP contribution in [0.25, 0.3) is 27.1 Å². The van der Waals surface area contributed by atoms with Crippen LogP contribution in [0.2, 0.25) is 0 Å². The fourth-order valence-electron chi connectivity index (χ4n) is 5.49. The van der Waals surface area contributed by atoms with E-state index in [9.17, 15) is 0 Å². The minimum absolute atomic E-state index is 0. The molecule has 1 aliphatic carbocycles. The number of rotatable bonds is 3. The molecule has 0 aliphatic heterocycles. The van der Waals surface area contributed by atoms with Crippen LogP contribution in [-0.2, 0) is 24.2 Å². The van der Waals surface area contributed by atoms with Crippen LogP contribution in [0.5, 0.6) is 0 Å². The number of halogens is 2. The summed E-state index contributed by atoms with van der Waals surface area (Å²) in [5.74, 6) is 0. The van der Waals surface area contributed by atoms with Crippen molar-refractivity contribution in [3.8, 4) is 0 Å². The van der Waals surface area contributed by atoms with E-state index in [4.69, 9.17) is 0 Å². The molecule has 0 saturated carbocycles. The van der Waals surface area contributed by atoms with Gasteiger partial charge in [-0.05, 0) is 20.8 Å². The number of fused-ring (bicyclic) bond motifs is 3. The molecule has 0 heterocycles. The summed E-state index contributed by atoms with van der Waals surface area (Å²) in [7, 11) is 0. The van der Waals surface area contributed by atoms with Crippen molar-refractivity contribution in [2.24, 2.45) is 0 Å². The van der Waals surface area contributed by atoms with Gasteiger partial charge in [0, 0.05) is 0 Å². The molecule has 3 heteroatoms. The van der Waals surface area contributed by atoms with Crippen molar-refractivity contribution in [3.05, 3.63) is 179 Å². The zero-order valence-corrected chi connectivity index (χ0v) is 28.7. The molecular formula is C40H34Cl2Zr-2. The molecule has 0 atom stereocenters. The van der Waals surface area contributed by atoms with Crippen molar-refractivity contribution < 1.29 is 49.0 Å². The first-order chi connectivity index (χ1) is 20.0. The first-order valence-corrected chi connectivity index (χ1v) is 15.3. The SMILES string of the molecule is Cc1cc(C)c(C2=CC[C-]=C2)c(C)c1.[Cl-].[Cl-].[Zr+2]=[C](c1ccccc1)c1ccccc1.c1ccc2c(c1)[cH-]c1ccccc12. The molecular weight excluding hydrogens is 643 g/mol. The summed E-state index contributed by atoms with van der Waals surface area (Å²) < 4.78 is 1.42. The van der Waals surface area contributed by atoms with Crippen molar-refractivity contribution in [1.82, 2.24) is 0 Å².